The maximum absolute atomic E-state index is 9.38. The first-order chi connectivity index (χ1) is 9.20. The number of hydrogen-bond donors (Lipinski definition) is 3. The Morgan fingerprint density at radius 3 is 2.11 bits per heavy atom. The molecule has 0 aliphatic heterocycles. The quantitative estimate of drug-likeness (QED) is 0.771. The van der Waals surface area contributed by atoms with E-state index in [9.17, 15) is 10.2 Å². The molecule has 0 spiro atoms. The smallest absolute Gasteiger partial charge is 0.115 e. The molecule has 2 rings (SSSR count). The minimum Gasteiger partial charge on any atom is -0.508 e. The fourth-order valence-electron chi connectivity index (χ4n) is 2.03. The van der Waals surface area contributed by atoms with Gasteiger partial charge in [0.15, 0.2) is 0 Å². The molecule has 0 amide bonds. The number of hydrogen-bond acceptors (Lipinski definition) is 3. The first kappa shape index (κ1) is 13.6. The van der Waals surface area contributed by atoms with Gasteiger partial charge in [-0.15, -0.1) is 0 Å². The van der Waals surface area contributed by atoms with Crippen LogP contribution in [0.3, 0.4) is 0 Å². The number of aliphatic hydroxyl groups is 1. The second-order valence-electron chi connectivity index (χ2n) is 4.69. The SMILES string of the molecule is CC(CO)NC(c1ccccc1)c1ccc(O)cc1. The highest BCUT2D eigenvalue weighted by molar-refractivity contribution is 5.35. The molecule has 0 bridgehead atoms. The highest BCUT2D eigenvalue weighted by atomic mass is 16.3. The van der Waals surface area contributed by atoms with Gasteiger partial charge in [0.2, 0.25) is 0 Å². The molecule has 0 aliphatic rings. The monoisotopic (exact) mass is 257 g/mol. The summed E-state index contributed by atoms with van der Waals surface area (Å²) < 4.78 is 0. The maximum Gasteiger partial charge on any atom is 0.115 e. The van der Waals surface area contributed by atoms with Crippen LogP contribution in [0.25, 0.3) is 0 Å². The van der Waals surface area contributed by atoms with Crippen molar-refractivity contribution in [3.63, 3.8) is 0 Å². The minimum atomic E-state index is -0.000917. The molecule has 0 radical (unpaired) electrons. The highest BCUT2D eigenvalue weighted by Crippen LogP contribution is 2.24. The van der Waals surface area contributed by atoms with Crippen molar-refractivity contribution in [2.24, 2.45) is 0 Å². The Morgan fingerprint density at radius 2 is 1.53 bits per heavy atom. The van der Waals surface area contributed by atoms with Crippen molar-refractivity contribution >= 4 is 0 Å². The summed E-state index contributed by atoms with van der Waals surface area (Å²) in [6.07, 6.45) is 0. The first-order valence-corrected chi connectivity index (χ1v) is 6.41. The van der Waals surface area contributed by atoms with Crippen LogP contribution in [0.15, 0.2) is 54.6 Å². The van der Waals surface area contributed by atoms with Crippen molar-refractivity contribution in [3.05, 3.63) is 65.7 Å². The van der Waals surface area contributed by atoms with Gasteiger partial charge in [-0.1, -0.05) is 42.5 Å². The molecule has 3 nitrogen and oxygen atoms in total. The van der Waals surface area contributed by atoms with Crippen LogP contribution in [-0.4, -0.2) is 22.9 Å². The lowest BCUT2D eigenvalue weighted by Gasteiger charge is -2.23. The second-order valence-corrected chi connectivity index (χ2v) is 4.69. The van der Waals surface area contributed by atoms with Gasteiger partial charge >= 0.3 is 0 Å². The summed E-state index contributed by atoms with van der Waals surface area (Å²) in [5.41, 5.74) is 2.19. The van der Waals surface area contributed by atoms with E-state index in [4.69, 9.17) is 0 Å². The Bertz CT molecular complexity index is 496. The molecule has 0 fully saturated rings. The fraction of sp³-hybridized carbons (Fsp3) is 0.250. The van der Waals surface area contributed by atoms with E-state index in [1.54, 1.807) is 12.1 Å². The van der Waals surface area contributed by atoms with E-state index in [0.29, 0.717) is 0 Å². The van der Waals surface area contributed by atoms with Crippen molar-refractivity contribution in [2.75, 3.05) is 6.61 Å². The van der Waals surface area contributed by atoms with Gasteiger partial charge in [-0.2, -0.15) is 0 Å². The summed E-state index contributed by atoms with van der Waals surface area (Å²) in [4.78, 5) is 0. The molecule has 0 saturated heterocycles. The molecule has 2 unspecified atom stereocenters. The molecule has 19 heavy (non-hydrogen) atoms. The van der Waals surface area contributed by atoms with Crippen LogP contribution in [0.2, 0.25) is 0 Å². The molecule has 3 heteroatoms. The molecule has 2 aromatic carbocycles. The van der Waals surface area contributed by atoms with Crippen LogP contribution < -0.4 is 5.32 Å². The molecule has 2 aromatic rings. The van der Waals surface area contributed by atoms with Crippen LogP contribution in [0.4, 0.5) is 0 Å². The van der Waals surface area contributed by atoms with E-state index in [0.717, 1.165) is 11.1 Å². The zero-order valence-corrected chi connectivity index (χ0v) is 11.0. The molecule has 0 heterocycles. The fourth-order valence-corrected chi connectivity index (χ4v) is 2.03. The summed E-state index contributed by atoms with van der Waals surface area (Å²) in [5, 5.41) is 22.0. The average Bonchev–Trinajstić information content (AvgIpc) is 2.46. The van der Waals surface area contributed by atoms with Gasteiger partial charge < -0.3 is 15.5 Å². The summed E-state index contributed by atoms with van der Waals surface area (Å²) in [7, 11) is 0. The van der Waals surface area contributed by atoms with Crippen molar-refractivity contribution in [1.29, 1.82) is 0 Å². The lowest BCUT2D eigenvalue weighted by atomic mass is 9.98. The van der Waals surface area contributed by atoms with Crippen LogP contribution >= 0.6 is 0 Å². The first-order valence-electron chi connectivity index (χ1n) is 6.41. The lowest BCUT2D eigenvalue weighted by Crippen LogP contribution is -2.33. The molecule has 0 saturated carbocycles. The van der Waals surface area contributed by atoms with Gasteiger partial charge in [0.05, 0.1) is 12.6 Å². The van der Waals surface area contributed by atoms with Gasteiger partial charge in [-0.25, -0.2) is 0 Å². The Balaban J connectivity index is 2.31. The standard InChI is InChI=1S/C16H19NO2/c1-12(11-18)17-16(13-5-3-2-4-6-13)14-7-9-15(19)10-8-14/h2-10,12,16-19H,11H2,1H3. The molecular weight excluding hydrogens is 238 g/mol. The van der Waals surface area contributed by atoms with Crippen LogP contribution in [-0.2, 0) is 0 Å². The molecule has 2 atom stereocenters. The van der Waals surface area contributed by atoms with Gasteiger partial charge in [0.1, 0.15) is 5.75 Å². The average molecular weight is 257 g/mol. The van der Waals surface area contributed by atoms with Gasteiger partial charge in [-0.3, -0.25) is 0 Å². The zero-order chi connectivity index (χ0) is 13.7. The van der Waals surface area contributed by atoms with Gasteiger partial charge in [-0.05, 0) is 30.2 Å². The van der Waals surface area contributed by atoms with Crippen molar-refractivity contribution in [2.45, 2.75) is 19.0 Å². The summed E-state index contributed by atoms with van der Waals surface area (Å²) >= 11 is 0. The number of benzene rings is 2. The molecule has 0 aromatic heterocycles. The summed E-state index contributed by atoms with van der Waals surface area (Å²) in [5.74, 6) is 0.255. The third-order valence-corrected chi connectivity index (χ3v) is 3.08. The van der Waals surface area contributed by atoms with E-state index in [1.165, 1.54) is 0 Å². The zero-order valence-electron chi connectivity index (χ0n) is 11.0. The van der Waals surface area contributed by atoms with E-state index in [-0.39, 0.29) is 24.4 Å². The van der Waals surface area contributed by atoms with E-state index >= 15 is 0 Å². The summed E-state index contributed by atoms with van der Waals surface area (Å²) in [6.45, 7) is 2.03. The normalized spacial score (nSPS) is 14.0. The number of rotatable bonds is 5. The predicted molar refractivity (Wildman–Crippen MR) is 76.1 cm³/mol. The number of phenolic OH excluding ortho intramolecular Hbond substituents is 1. The maximum atomic E-state index is 9.38. The third kappa shape index (κ3) is 3.56. The van der Waals surface area contributed by atoms with E-state index < -0.39 is 0 Å². The lowest BCUT2D eigenvalue weighted by molar-refractivity contribution is 0.245. The van der Waals surface area contributed by atoms with Gasteiger partial charge in [0, 0.05) is 6.04 Å². The Morgan fingerprint density at radius 1 is 0.947 bits per heavy atom. The number of nitrogens with one attached hydrogen (secondary N) is 1. The van der Waals surface area contributed by atoms with Crippen molar-refractivity contribution in [1.82, 2.24) is 5.32 Å². The topological polar surface area (TPSA) is 52.5 Å². The van der Waals surface area contributed by atoms with Crippen LogP contribution in [0.5, 0.6) is 5.75 Å². The predicted octanol–water partition coefficient (Wildman–Crippen LogP) is 2.45. The van der Waals surface area contributed by atoms with Gasteiger partial charge in [0.25, 0.3) is 0 Å². The van der Waals surface area contributed by atoms with Crippen LogP contribution in [0.1, 0.15) is 24.1 Å². The number of aliphatic hydroxyl groups excluding tert-OH is 1. The highest BCUT2D eigenvalue weighted by Gasteiger charge is 2.15. The summed E-state index contributed by atoms with van der Waals surface area (Å²) in [6, 6.07) is 17.2. The largest absolute Gasteiger partial charge is 0.508 e. The van der Waals surface area contributed by atoms with Crippen LogP contribution in [0, 0.1) is 0 Å². The Kier molecular flexibility index (Phi) is 4.55. The Labute approximate surface area is 113 Å². The Hall–Kier alpha value is -1.84. The van der Waals surface area contributed by atoms with E-state index in [1.807, 2.05) is 37.3 Å². The number of aromatic hydroxyl groups is 1. The minimum absolute atomic E-state index is 0.000917. The molecule has 0 aliphatic carbocycles. The number of phenols is 1. The molecular formula is C16H19NO2. The van der Waals surface area contributed by atoms with E-state index in [2.05, 4.69) is 17.4 Å². The molecule has 100 valence electrons. The third-order valence-electron chi connectivity index (χ3n) is 3.08. The van der Waals surface area contributed by atoms with Crippen molar-refractivity contribution < 1.29 is 10.2 Å². The second kappa shape index (κ2) is 6.36. The van der Waals surface area contributed by atoms with Crippen molar-refractivity contribution in [3.8, 4) is 5.75 Å². The molecule has 3 N–H and O–H groups in total.